The summed E-state index contributed by atoms with van der Waals surface area (Å²) < 4.78 is 18.9. The van der Waals surface area contributed by atoms with Crippen molar-refractivity contribution in [2.75, 3.05) is 6.26 Å². The Hall–Kier alpha value is -1.37. The van der Waals surface area contributed by atoms with Crippen LogP contribution in [0.2, 0.25) is 0 Å². The first-order valence-electron chi connectivity index (χ1n) is 8.49. The first-order chi connectivity index (χ1) is 12.2. The Morgan fingerprint density at radius 1 is 0.880 bits per heavy atom. The molecular weight excluding hydrogens is 336 g/mol. The van der Waals surface area contributed by atoms with Gasteiger partial charge in [-0.25, -0.2) is 0 Å². The fourth-order valence-electron chi connectivity index (χ4n) is 3.60. The molecule has 0 aliphatic carbocycles. The predicted molar refractivity (Wildman–Crippen MR) is 97.3 cm³/mol. The van der Waals surface area contributed by atoms with Gasteiger partial charge < -0.3 is 19.3 Å². The van der Waals surface area contributed by atoms with E-state index in [1.807, 2.05) is 73.8 Å². The fourth-order valence-corrected chi connectivity index (χ4v) is 4.36. The molecule has 4 nitrogen and oxygen atoms in total. The summed E-state index contributed by atoms with van der Waals surface area (Å²) in [5.41, 5.74) is 1.64. The van der Waals surface area contributed by atoms with E-state index in [4.69, 9.17) is 14.2 Å². The van der Waals surface area contributed by atoms with E-state index in [-0.39, 0.29) is 17.6 Å². The third-order valence-electron chi connectivity index (χ3n) is 4.90. The number of rotatable bonds is 3. The minimum absolute atomic E-state index is 0.183. The number of hydrogen-bond donors (Lipinski definition) is 1. The van der Waals surface area contributed by atoms with Crippen molar-refractivity contribution in [2.45, 2.75) is 42.6 Å². The molecule has 2 aromatic rings. The van der Waals surface area contributed by atoms with Crippen LogP contribution >= 0.6 is 11.8 Å². The van der Waals surface area contributed by atoms with E-state index in [9.17, 15) is 5.11 Å². The summed E-state index contributed by atoms with van der Waals surface area (Å²) in [7, 11) is 0. The second-order valence-electron chi connectivity index (χ2n) is 6.45. The highest BCUT2D eigenvalue weighted by Gasteiger charge is 2.58. The molecule has 2 aromatic carbocycles. The molecule has 2 aliphatic rings. The molecule has 0 bridgehead atoms. The largest absolute Gasteiger partial charge is 0.388 e. The zero-order valence-electron chi connectivity index (χ0n) is 14.2. The minimum Gasteiger partial charge on any atom is -0.388 e. The smallest absolute Gasteiger partial charge is 0.223 e. The number of hydrogen-bond acceptors (Lipinski definition) is 5. The van der Waals surface area contributed by atoms with Gasteiger partial charge in [-0.1, -0.05) is 60.7 Å². The van der Waals surface area contributed by atoms with Crippen LogP contribution in [0.5, 0.6) is 0 Å². The highest BCUT2D eigenvalue weighted by atomic mass is 32.2. The molecule has 0 spiro atoms. The molecule has 5 heteroatoms. The van der Waals surface area contributed by atoms with E-state index >= 15 is 0 Å². The Kier molecular flexibility index (Phi) is 4.60. The van der Waals surface area contributed by atoms with Gasteiger partial charge in [0.05, 0.1) is 6.10 Å². The molecule has 1 N–H and O–H groups in total. The van der Waals surface area contributed by atoms with Crippen molar-refractivity contribution in [3.63, 3.8) is 0 Å². The molecule has 25 heavy (non-hydrogen) atoms. The van der Waals surface area contributed by atoms with E-state index in [0.717, 1.165) is 11.1 Å². The Bertz CT molecular complexity index is 661. The van der Waals surface area contributed by atoms with Gasteiger partial charge >= 0.3 is 0 Å². The zero-order valence-corrected chi connectivity index (χ0v) is 15.1. The van der Waals surface area contributed by atoms with Crippen LogP contribution in [0.4, 0.5) is 0 Å². The lowest BCUT2D eigenvalue weighted by Gasteiger charge is -2.37. The molecule has 0 amide bonds. The number of benzene rings is 2. The maximum Gasteiger partial charge on any atom is 0.223 e. The monoisotopic (exact) mass is 358 g/mol. The topological polar surface area (TPSA) is 47.9 Å². The number of aliphatic hydroxyl groups excluding tert-OH is 1. The maximum absolute atomic E-state index is 10.6. The SMILES string of the molecule is CS[C@@H]1O[C@@H](C)[C@H](O)[C@H]2OC(c3ccccc3)(c3ccccc3)O[C@H]21. The van der Waals surface area contributed by atoms with E-state index < -0.39 is 18.0 Å². The van der Waals surface area contributed by atoms with Crippen LogP contribution < -0.4 is 0 Å². The van der Waals surface area contributed by atoms with E-state index in [1.54, 1.807) is 11.8 Å². The van der Waals surface area contributed by atoms with Gasteiger partial charge in [-0.05, 0) is 13.2 Å². The molecule has 132 valence electrons. The summed E-state index contributed by atoms with van der Waals surface area (Å²) in [6, 6.07) is 19.8. The molecule has 2 fully saturated rings. The van der Waals surface area contributed by atoms with Gasteiger partial charge in [-0.15, -0.1) is 11.8 Å². The second-order valence-corrected chi connectivity index (χ2v) is 7.39. The fraction of sp³-hybridized carbons (Fsp3) is 0.400. The summed E-state index contributed by atoms with van der Waals surface area (Å²) in [5.74, 6) is -1.04. The summed E-state index contributed by atoms with van der Waals surface area (Å²) in [4.78, 5) is 0. The number of thioether (sulfide) groups is 1. The molecular formula is C20H22O4S. The van der Waals surface area contributed by atoms with Crippen molar-refractivity contribution in [3.8, 4) is 0 Å². The summed E-state index contributed by atoms with van der Waals surface area (Å²) in [5, 5.41) is 10.6. The average molecular weight is 358 g/mol. The number of ether oxygens (including phenoxy) is 3. The lowest BCUT2D eigenvalue weighted by molar-refractivity contribution is -0.162. The van der Waals surface area contributed by atoms with E-state index in [1.165, 1.54) is 0 Å². The number of fused-ring (bicyclic) bond motifs is 1. The Morgan fingerprint density at radius 3 is 1.92 bits per heavy atom. The van der Waals surface area contributed by atoms with Crippen molar-refractivity contribution in [3.05, 3.63) is 71.8 Å². The standard InChI is InChI=1S/C20H22O4S/c1-13-16(21)17-18(19(22-13)25-2)24-20(23-17,14-9-5-3-6-10-14)15-11-7-4-8-12-15/h3-13,16-19,21H,1-2H3/t13-,16-,17+,18+,19-/m0/s1. The van der Waals surface area contributed by atoms with Gasteiger partial charge in [-0.3, -0.25) is 0 Å². The van der Waals surface area contributed by atoms with Crippen LogP contribution in [0, 0.1) is 0 Å². The van der Waals surface area contributed by atoms with Gasteiger partial charge in [0, 0.05) is 11.1 Å². The van der Waals surface area contributed by atoms with Crippen molar-refractivity contribution in [1.82, 2.24) is 0 Å². The zero-order chi connectivity index (χ0) is 17.4. The normalized spacial score (nSPS) is 33.8. The Morgan fingerprint density at radius 2 is 1.40 bits per heavy atom. The van der Waals surface area contributed by atoms with Crippen molar-refractivity contribution in [2.24, 2.45) is 0 Å². The molecule has 5 atom stereocenters. The van der Waals surface area contributed by atoms with Crippen molar-refractivity contribution >= 4 is 11.8 Å². The van der Waals surface area contributed by atoms with Gasteiger partial charge in [0.1, 0.15) is 23.7 Å². The van der Waals surface area contributed by atoms with Crippen molar-refractivity contribution < 1.29 is 19.3 Å². The van der Waals surface area contributed by atoms with Crippen molar-refractivity contribution in [1.29, 1.82) is 0 Å². The molecule has 0 aromatic heterocycles. The average Bonchev–Trinajstić information content (AvgIpc) is 3.08. The molecule has 4 rings (SSSR count). The van der Waals surface area contributed by atoms with Gasteiger partial charge in [0.2, 0.25) is 5.79 Å². The quantitative estimate of drug-likeness (QED) is 0.913. The summed E-state index contributed by atoms with van der Waals surface area (Å²) >= 11 is 1.58. The Balaban J connectivity index is 1.81. The van der Waals surface area contributed by atoms with Gasteiger partial charge in [0.15, 0.2) is 0 Å². The van der Waals surface area contributed by atoms with Crippen LogP contribution in [-0.2, 0) is 20.0 Å². The van der Waals surface area contributed by atoms with Crippen LogP contribution in [0.1, 0.15) is 18.1 Å². The molecule has 0 radical (unpaired) electrons. The minimum atomic E-state index is -1.04. The lowest BCUT2D eigenvalue weighted by Crippen LogP contribution is -2.54. The molecule has 2 heterocycles. The van der Waals surface area contributed by atoms with Gasteiger partial charge in [-0.2, -0.15) is 0 Å². The first-order valence-corrected chi connectivity index (χ1v) is 9.77. The molecule has 0 saturated carbocycles. The molecule has 0 unspecified atom stereocenters. The third kappa shape index (κ3) is 2.80. The van der Waals surface area contributed by atoms with Gasteiger partial charge in [0.25, 0.3) is 0 Å². The predicted octanol–water partition coefficient (Wildman–Crippen LogP) is 3.14. The van der Waals surface area contributed by atoms with Crippen LogP contribution in [0.3, 0.4) is 0 Å². The first kappa shape index (κ1) is 17.1. The van der Waals surface area contributed by atoms with Crippen LogP contribution in [0.25, 0.3) is 0 Å². The van der Waals surface area contributed by atoms with E-state index in [2.05, 4.69) is 0 Å². The van der Waals surface area contributed by atoms with Crippen LogP contribution in [-0.4, -0.2) is 41.2 Å². The highest BCUT2D eigenvalue weighted by molar-refractivity contribution is 7.99. The van der Waals surface area contributed by atoms with E-state index in [0.29, 0.717) is 0 Å². The Labute approximate surface area is 152 Å². The molecule has 2 saturated heterocycles. The summed E-state index contributed by atoms with van der Waals surface area (Å²) in [6.07, 6.45) is 0.163. The highest BCUT2D eigenvalue weighted by Crippen LogP contribution is 2.48. The molecule has 2 aliphatic heterocycles. The number of aliphatic hydroxyl groups is 1. The summed E-state index contributed by atoms with van der Waals surface area (Å²) in [6.45, 7) is 1.87. The maximum atomic E-state index is 10.6. The lowest BCUT2D eigenvalue weighted by atomic mass is 9.97. The third-order valence-corrected chi connectivity index (χ3v) is 5.75. The van der Waals surface area contributed by atoms with Crippen LogP contribution in [0.15, 0.2) is 60.7 Å². The second kappa shape index (κ2) is 6.74.